The highest BCUT2D eigenvalue weighted by Crippen LogP contribution is 2.28. The fraction of sp³-hybridized carbons (Fsp3) is 0.125. The van der Waals surface area contributed by atoms with E-state index in [4.69, 9.17) is 4.74 Å². The Morgan fingerprint density at radius 2 is 1.83 bits per heavy atom. The maximum atomic E-state index is 12.6. The van der Waals surface area contributed by atoms with Gasteiger partial charge in [0.1, 0.15) is 0 Å². The highest BCUT2D eigenvalue weighted by Gasteiger charge is 2.23. The van der Waals surface area contributed by atoms with Crippen LogP contribution in [0.25, 0.3) is 10.2 Å². The number of hydrogen-bond donors (Lipinski definition) is 0. The minimum absolute atomic E-state index is 0.0540. The fourth-order valence-electron chi connectivity index (χ4n) is 2.21. The van der Waals surface area contributed by atoms with Crippen LogP contribution in [0.3, 0.4) is 0 Å². The molecule has 0 atom stereocenters. The minimum atomic E-state index is -3.64. The molecular weight excluding hydrogens is 334 g/mol. The van der Waals surface area contributed by atoms with Gasteiger partial charge in [-0.2, -0.15) is 0 Å². The zero-order valence-corrected chi connectivity index (χ0v) is 13.9. The first-order valence-electron chi connectivity index (χ1n) is 6.76. The van der Waals surface area contributed by atoms with E-state index in [2.05, 4.69) is 4.98 Å². The van der Waals surface area contributed by atoms with Crippen LogP contribution >= 0.6 is 11.3 Å². The molecule has 0 bridgehead atoms. The van der Waals surface area contributed by atoms with E-state index < -0.39 is 15.8 Å². The van der Waals surface area contributed by atoms with Crippen LogP contribution in [0.15, 0.2) is 52.9 Å². The Morgan fingerprint density at radius 1 is 1.13 bits per heavy atom. The zero-order chi connectivity index (χ0) is 16.4. The number of carbonyl (C=O) groups is 1. The quantitative estimate of drug-likeness (QED) is 0.678. The predicted octanol–water partition coefficient (Wildman–Crippen LogP) is 3.06. The number of aromatic nitrogens is 1. The normalized spacial score (nSPS) is 11.5. The molecule has 3 aromatic rings. The summed E-state index contributed by atoms with van der Waals surface area (Å²) < 4.78 is 30.8. The number of ether oxygens (including phenoxy) is 1. The van der Waals surface area contributed by atoms with E-state index in [1.165, 1.54) is 7.11 Å². The van der Waals surface area contributed by atoms with Crippen LogP contribution in [0.4, 0.5) is 0 Å². The molecule has 0 aliphatic rings. The van der Waals surface area contributed by atoms with Gasteiger partial charge in [-0.1, -0.05) is 30.3 Å². The monoisotopic (exact) mass is 347 g/mol. The van der Waals surface area contributed by atoms with Crippen LogP contribution in [0.2, 0.25) is 0 Å². The fourth-order valence-corrected chi connectivity index (χ4v) is 4.88. The van der Waals surface area contributed by atoms with Crippen LogP contribution in [0.5, 0.6) is 0 Å². The number of esters is 1. The second kappa shape index (κ2) is 6.10. The van der Waals surface area contributed by atoms with E-state index in [0.29, 0.717) is 11.1 Å². The summed E-state index contributed by atoms with van der Waals surface area (Å²) in [6.07, 6.45) is 0. The lowest BCUT2D eigenvalue weighted by Gasteiger charge is -2.07. The number of hydrogen-bond acceptors (Lipinski definition) is 6. The maximum absolute atomic E-state index is 12.6. The molecule has 0 fully saturated rings. The summed E-state index contributed by atoms with van der Waals surface area (Å²) >= 11 is 1.13. The van der Waals surface area contributed by atoms with Gasteiger partial charge in [0.15, 0.2) is 0 Å². The average Bonchev–Trinajstić information content (AvgIpc) is 2.99. The Hall–Kier alpha value is -2.25. The number of sulfone groups is 1. The van der Waals surface area contributed by atoms with Crippen molar-refractivity contribution in [2.24, 2.45) is 0 Å². The highest BCUT2D eigenvalue weighted by atomic mass is 32.2. The molecule has 3 rings (SSSR count). The van der Waals surface area contributed by atoms with Crippen molar-refractivity contribution in [2.75, 3.05) is 7.11 Å². The molecule has 1 aromatic heterocycles. The molecule has 0 saturated carbocycles. The van der Waals surface area contributed by atoms with Crippen molar-refractivity contribution >= 4 is 37.4 Å². The second-order valence-corrected chi connectivity index (χ2v) is 8.05. The first kappa shape index (κ1) is 15.6. The molecule has 0 aliphatic carbocycles. The number of nitrogens with zero attached hydrogens (tertiary/aromatic N) is 1. The molecule has 7 heteroatoms. The molecule has 2 aromatic carbocycles. The van der Waals surface area contributed by atoms with Crippen molar-refractivity contribution in [1.29, 1.82) is 0 Å². The zero-order valence-electron chi connectivity index (χ0n) is 12.2. The summed E-state index contributed by atoms with van der Waals surface area (Å²) in [5.74, 6) is -0.849. The molecule has 0 unspecified atom stereocenters. The summed E-state index contributed by atoms with van der Waals surface area (Å²) in [6.45, 7) is 0. The number of rotatable bonds is 4. The van der Waals surface area contributed by atoms with E-state index in [-0.39, 0.29) is 15.7 Å². The van der Waals surface area contributed by atoms with Gasteiger partial charge in [0, 0.05) is 0 Å². The Bertz CT molecular complexity index is 943. The molecule has 118 valence electrons. The molecule has 0 saturated heterocycles. The average molecular weight is 347 g/mol. The lowest BCUT2D eigenvalue weighted by molar-refractivity contribution is 0.0600. The molecule has 0 N–H and O–H groups in total. The number of methoxy groups -OCH3 is 1. The van der Waals surface area contributed by atoms with Crippen LogP contribution in [-0.4, -0.2) is 26.5 Å². The first-order chi connectivity index (χ1) is 11.0. The van der Waals surface area contributed by atoms with Crippen molar-refractivity contribution in [3.8, 4) is 0 Å². The topological polar surface area (TPSA) is 73.3 Å². The lowest BCUT2D eigenvalue weighted by Crippen LogP contribution is -2.10. The Morgan fingerprint density at radius 3 is 2.57 bits per heavy atom. The molecule has 23 heavy (non-hydrogen) atoms. The Kier molecular flexibility index (Phi) is 4.14. The third kappa shape index (κ3) is 3.11. The minimum Gasteiger partial charge on any atom is -0.465 e. The SMILES string of the molecule is COC(=O)c1ccccc1CS(=O)(=O)c1nc2ccccc2s1. The predicted molar refractivity (Wildman–Crippen MR) is 88.3 cm³/mol. The van der Waals surface area contributed by atoms with E-state index in [1.54, 1.807) is 30.3 Å². The van der Waals surface area contributed by atoms with Gasteiger partial charge >= 0.3 is 5.97 Å². The largest absolute Gasteiger partial charge is 0.465 e. The lowest BCUT2D eigenvalue weighted by atomic mass is 10.1. The molecule has 0 radical (unpaired) electrons. The number of fused-ring (bicyclic) bond motifs is 1. The molecule has 5 nitrogen and oxygen atoms in total. The van der Waals surface area contributed by atoms with Crippen LogP contribution in [0, 0.1) is 0 Å². The molecule has 0 aliphatic heterocycles. The second-order valence-electron chi connectivity index (χ2n) is 4.86. The van der Waals surface area contributed by atoms with Gasteiger partial charge in [0.05, 0.1) is 28.6 Å². The summed E-state index contributed by atoms with van der Waals surface area (Å²) in [7, 11) is -2.37. The number of thiazole rings is 1. The van der Waals surface area contributed by atoms with Crippen molar-refractivity contribution in [3.05, 3.63) is 59.7 Å². The third-order valence-electron chi connectivity index (χ3n) is 3.31. The number of benzene rings is 2. The van der Waals surface area contributed by atoms with E-state index >= 15 is 0 Å². The summed E-state index contributed by atoms with van der Waals surface area (Å²) in [4.78, 5) is 16.0. The van der Waals surface area contributed by atoms with Crippen LogP contribution in [-0.2, 0) is 20.3 Å². The molecule has 0 amide bonds. The van der Waals surface area contributed by atoms with Gasteiger partial charge < -0.3 is 4.74 Å². The van der Waals surface area contributed by atoms with Gasteiger partial charge in [0.25, 0.3) is 0 Å². The summed E-state index contributed by atoms with van der Waals surface area (Å²) in [5, 5.41) is 0. The standard InChI is InChI=1S/C16H13NO4S2/c1-21-15(18)12-7-3-2-6-11(12)10-23(19,20)16-17-13-8-4-5-9-14(13)22-16/h2-9H,10H2,1H3. The number of para-hydroxylation sites is 1. The maximum Gasteiger partial charge on any atom is 0.338 e. The van der Waals surface area contributed by atoms with Gasteiger partial charge in [-0.05, 0) is 23.8 Å². The van der Waals surface area contributed by atoms with Gasteiger partial charge in [-0.15, -0.1) is 11.3 Å². The van der Waals surface area contributed by atoms with Gasteiger partial charge in [0.2, 0.25) is 14.2 Å². The van der Waals surface area contributed by atoms with E-state index in [1.807, 2.05) is 18.2 Å². The highest BCUT2D eigenvalue weighted by molar-refractivity contribution is 7.92. The Labute approximate surface area is 137 Å². The first-order valence-corrected chi connectivity index (χ1v) is 9.23. The van der Waals surface area contributed by atoms with E-state index in [9.17, 15) is 13.2 Å². The summed E-state index contributed by atoms with van der Waals surface area (Å²) in [6, 6.07) is 13.8. The van der Waals surface area contributed by atoms with Crippen molar-refractivity contribution in [2.45, 2.75) is 10.1 Å². The van der Waals surface area contributed by atoms with Crippen molar-refractivity contribution < 1.29 is 17.9 Å². The van der Waals surface area contributed by atoms with Gasteiger partial charge in [-0.3, -0.25) is 0 Å². The molecule has 1 heterocycles. The Balaban J connectivity index is 2.00. The summed E-state index contributed by atoms with van der Waals surface area (Å²) in [5.41, 5.74) is 1.30. The van der Waals surface area contributed by atoms with Gasteiger partial charge in [-0.25, -0.2) is 18.2 Å². The smallest absolute Gasteiger partial charge is 0.338 e. The van der Waals surface area contributed by atoms with Crippen molar-refractivity contribution in [1.82, 2.24) is 4.98 Å². The molecular formula is C16H13NO4S2. The third-order valence-corrected chi connectivity index (χ3v) is 6.47. The van der Waals surface area contributed by atoms with Crippen LogP contribution < -0.4 is 0 Å². The van der Waals surface area contributed by atoms with Crippen LogP contribution in [0.1, 0.15) is 15.9 Å². The molecule has 0 spiro atoms. The van der Waals surface area contributed by atoms with Crippen molar-refractivity contribution in [3.63, 3.8) is 0 Å². The van der Waals surface area contributed by atoms with E-state index in [0.717, 1.165) is 16.0 Å². The number of carbonyl (C=O) groups excluding carboxylic acids is 1.